The van der Waals surface area contributed by atoms with Gasteiger partial charge in [-0.1, -0.05) is 12.8 Å². The Kier molecular flexibility index (Phi) is 4.08. The van der Waals surface area contributed by atoms with Crippen molar-refractivity contribution in [2.75, 3.05) is 5.32 Å². The molecule has 1 fully saturated rings. The monoisotopic (exact) mass is 339 g/mol. The number of hydrogen-bond acceptors (Lipinski definition) is 5. The van der Waals surface area contributed by atoms with Gasteiger partial charge >= 0.3 is 0 Å². The topological polar surface area (TPSA) is 72.7 Å². The number of aromatic nitrogens is 4. The minimum absolute atomic E-state index is 0.223. The van der Waals surface area contributed by atoms with Crippen LogP contribution in [0, 0.1) is 0 Å². The molecule has 3 aromatic rings. The number of hydrogen-bond donors (Lipinski definition) is 1. The fourth-order valence-electron chi connectivity index (χ4n) is 2.97. The number of nitrogens with one attached hydrogen (secondary N) is 1. The summed E-state index contributed by atoms with van der Waals surface area (Å²) in [6.45, 7) is 0. The number of nitrogens with zero attached hydrogens (tertiary/aromatic N) is 4. The molecule has 0 bridgehead atoms. The van der Waals surface area contributed by atoms with Crippen molar-refractivity contribution in [1.82, 2.24) is 19.7 Å². The van der Waals surface area contributed by atoms with Crippen molar-refractivity contribution in [2.45, 2.75) is 31.7 Å². The molecule has 0 saturated heterocycles. The van der Waals surface area contributed by atoms with E-state index in [0.29, 0.717) is 16.9 Å². The van der Waals surface area contributed by atoms with Gasteiger partial charge < -0.3 is 0 Å². The van der Waals surface area contributed by atoms with Gasteiger partial charge in [-0.25, -0.2) is 4.98 Å². The predicted octanol–water partition coefficient (Wildman–Crippen LogP) is 3.77. The number of rotatable bonds is 4. The van der Waals surface area contributed by atoms with Crippen LogP contribution in [0.5, 0.6) is 0 Å². The summed E-state index contributed by atoms with van der Waals surface area (Å²) in [6, 6.07) is 6.01. The highest BCUT2D eigenvalue weighted by molar-refractivity contribution is 7.14. The largest absolute Gasteiger partial charge is 0.296 e. The second-order valence-electron chi connectivity index (χ2n) is 5.85. The minimum Gasteiger partial charge on any atom is -0.296 e. The van der Waals surface area contributed by atoms with E-state index >= 15 is 0 Å². The molecule has 0 unspecified atom stereocenters. The molecule has 1 saturated carbocycles. The van der Waals surface area contributed by atoms with Crippen LogP contribution in [-0.4, -0.2) is 25.7 Å². The summed E-state index contributed by atoms with van der Waals surface area (Å²) in [5.41, 5.74) is 2.17. The lowest BCUT2D eigenvalue weighted by atomic mass is 10.2. The van der Waals surface area contributed by atoms with Crippen molar-refractivity contribution in [3.8, 4) is 11.3 Å². The Labute approximate surface area is 143 Å². The quantitative estimate of drug-likeness (QED) is 0.785. The molecule has 3 aromatic heterocycles. The first-order valence-corrected chi connectivity index (χ1v) is 8.90. The van der Waals surface area contributed by atoms with Crippen LogP contribution in [0.2, 0.25) is 0 Å². The van der Waals surface area contributed by atoms with Gasteiger partial charge in [-0.15, -0.1) is 11.3 Å². The van der Waals surface area contributed by atoms with Gasteiger partial charge in [-0.05, 0) is 31.0 Å². The van der Waals surface area contributed by atoms with E-state index in [-0.39, 0.29) is 5.91 Å². The Morgan fingerprint density at radius 2 is 2.17 bits per heavy atom. The van der Waals surface area contributed by atoms with Crippen molar-refractivity contribution in [3.05, 3.63) is 47.9 Å². The first kappa shape index (κ1) is 15.0. The minimum atomic E-state index is -0.223. The van der Waals surface area contributed by atoms with E-state index in [1.165, 1.54) is 24.2 Å². The fraction of sp³-hybridized carbons (Fsp3) is 0.294. The lowest BCUT2D eigenvalue weighted by Crippen LogP contribution is -2.14. The third kappa shape index (κ3) is 3.07. The smallest absolute Gasteiger partial charge is 0.277 e. The summed E-state index contributed by atoms with van der Waals surface area (Å²) in [5.74, 6) is -0.223. The molecule has 0 radical (unpaired) electrons. The highest BCUT2D eigenvalue weighted by Crippen LogP contribution is 2.29. The summed E-state index contributed by atoms with van der Waals surface area (Å²) in [4.78, 5) is 20.9. The highest BCUT2D eigenvalue weighted by atomic mass is 32.1. The molecule has 1 aliphatic rings. The Hall–Kier alpha value is -2.54. The Morgan fingerprint density at radius 3 is 2.96 bits per heavy atom. The molecule has 0 aromatic carbocycles. The summed E-state index contributed by atoms with van der Waals surface area (Å²) >= 11 is 1.39. The average Bonchev–Trinajstić information content (AvgIpc) is 3.36. The molecule has 7 heteroatoms. The third-order valence-electron chi connectivity index (χ3n) is 4.22. The van der Waals surface area contributed by atoms with Crippen molar-refractivity contribution in [2.24, 2.45) is 0 Å². The lowest BCUT2D eigenvalue weighted by molar-refractivity contribution is 0.102. The molecule has 0 aliphatic heterocycles. The Morgan fingerprint density at radius 1 is 1.29 bits per heavy atom. The summed E-state index contributed by atoms with van der Waals surface area (Å²) in [5, 5.41) is 9.72. The van der Waals surface area contributed by atoms with Gasteiger partial charge in [-0.2, -0.15) is 5.10 Å². The van der Waals surface area contributed by atoms with Crippen molar-refractivity contribution in [1.29, 1.82) is 0 Å². The maximum absolute atomic E-state index is 12.4. The standard InChI is InChI=1S/C17H17N5OS/c23-16(14-7-9-22(21-14)13-5-1-2-6-13)20-17-19-15(11-24-17)12-4-3-8-18-10-12/h3-4,7-11,13H,1-2,5-6H2,(H,19,20,23). The van der Waals surface area contributed by atoms with Crippen LogP contribution in [0.25, 0.3) is 11.3 Å². The van der Waals surface area contributed by atoms with Gasteiger partial charge in [0, 0.05) is 29.5 Å². The van der Waals surface area contributed by atoms with E-state index in [9.17, 15) is 4.79 Å². The van der Waals surface area contributed by atoms with E-state index in [1.54, 1.807) is 18.5 Å². The molecule has 1 N–H and O–H groups in total. The van der Waals surface area contributed by atoms with E-state index in [0.717, 1.165) is 24.1 Å². The molecule has 24 heavy (non-hydrogen) atoms. The number of pyridine rings is 1. The normalized spacial score (nSPS) is 14.8. The lowest BCUT2D eigenvalue weighted by Gasteiger charge is -2.08. The zero-order chi connectivity index (χ0) is 16.4. The molecule has 122 valence electrons. The van der Waals surface area contributed by atoms with Gasteiger partial charge in [-0.3, -0.25) is 19.8 Å². The molecule has 4 rings (SSSR count). The second kappa shape index (κ2) is 6.52. The molecule has 1 aliphatic carbocycles. The van der Waals surface area contributed by atoms with Crippen LogP contribution in [0.4, 0.5) is 5.13 Å². The summed E-state index contributed by atoms with van der Waals surface area (Å²) in [7, 11) is 0. The molecular formula is C17H17N5OS. The maximum atomic E-state index is 12.4. The van der Waals surface area contributed by atoms with Crippen LogP contribution in [0.3, 0.4) is 0 Å². The van der Waals surface area contributed by atoms with Crippen LogP contribution in [0.15, 0.2) is 42.2 Å². The number of carbonyl (C=O) groups is 1. The second-order valence-corrected chi connectivity index (χ2v) is 6.71. The van der Waals surface area contributed by atoms with E-state index in [2.05, 4.69) is 20.4 Å². The zero-order valence-corrected chi connectivity index (χ0v) is 13.9. The molecule has 3 heterocycles. The van der Waals surface area contributed by atoms with Gasteiger partial charge in [0.25, 0.3) is 5.91 Å². The maximum Gasteiger partial charge on any atom is 0.277 e. The van der Waals surface area contributed by atoms with E-state index < -0.39 is 0 Å². The van der Waals surface area contributed by atoms with Gasteiger partial charge in [0.05, 0.1) is 11.7 Å². The zero-order valence-electron chi connectivity index (χ0n) is 13.1. The summed E-state index contributed by atoms with van der Waals surface area (Å²) < 4.78 is 1.92. The molecule has 1 amide bonds. The van der Waals surface area contributed by atoms with Crippen molar-refractivity contribution in [3.63, 3.8) is 0 Å². The third-order valence-corrected chi connectivity index (χ3v) is 4.98. The van der Waals surface area contributed by atoms with Crippen molar-refractivity contribution >= 4 is 22.4 Å². The average molecular weight is 339 g/mol. The van der Waals surface area contributed by atoms with Crippen LogP contribution in [0.1, 0.15) is 42.2 Å². The van der Waals surface area contributed by atoms with Gasteiger partial charge in [0.15, 0.2) is 10.8 Å². The number of carbonyl (C=O) groups excluding carboxylic acids is 1. The van der Waals surface area contributed by atoms with Crippen LogP contribution < -0.4 is 5.32 Å². The number of thiazole rings is 1. The van der Waals surface area contributed by atoms with Crippen LogP contribution >= 0.6 is 11.3 Å². The number of amides is 1. The first-order chi connectivity index (χ1) is 11.8. The SMILES string of the molecule is O=C(Nc1nc(-c2cccnc2)cs1)c1ccn(C2CCCC2)n1. The van der Waals surface area contributed by atoms with Gasteiger partial charge in [0.2, 0.25) is 0 Å². The highest BCUT2D eigenvalue weighted by Gasteiger charge is 2.19. The molecule has 6 nitrogen and oxygen atoms in total. The fourth-order valence-corrected chi connectivity index (χ4v) is 3.69. The summed E-state index contributed by atoms with van der Waals surface area (Å²) in [6.07, 6.45) is 10.1. The Balaban J connectivity index is 1.45. The molecule has 0 spiro atoms. The predicted molar refractivity (Wildman–Crippen MR) is 93.0 cm³/mol. The van der Waals surface area contributed by atoms with Crippen LogP contribution in [-0.2, 0) is 0 Å². The van der Waals surface area contributed by atoms with E-state index in [4.69, 9.17) is 0 Å². The molecule has 0 atom stereocenters. The Bertz CT molecular complexity index is 836. The number of anilines is 1. The van der Waals surface area contributed by atoms with E-state index in [1.807, 2.05) is 28.4 Å². The van der Waals surface area contributed by atoms with Crippen molar-refractivity contribution < 1.29 is 4.79 Å². The molecular weight excluding hydrogens is 322 g/mol. The first-order valence-electron chi connectivity index (χ1n) is 8.02. The van der Waals surface area contributed by atoms with Gasteiger partial charge in [0.1, 0.15) is 0 Å².